The molecule has 3 rings (SSSR count). The highest BCUT2D eigenvalue weighted by Gasteiger charge is 2.43. The minimum atomic E-state index is -0.531. The number of aliphatic hydroxyl groups is 2. The molecule has 1 aromatic rings. The summed E-state index contributed by atoms with van der Waals surface area (Å²) < 4.78 is 0. The predicted molar refractivity (Wildman–Crippen MR) is 124 cm³/mol. The number of benzene rings is 1. The van der Waals surface area contributed by atoms with E-state index in [9.17, 15) is 15.0 Å². The summed E-state index contributed by atoms with van der Waals surface area (Å²) >= 11 is 1.82. The van der Waals surface area contributed by atoms with E-state index in [1.54, 1.807) is 19.0 Å². The van der Waals surface area contributed by atoms with Crippen molar-refractivity contribution in [1.82, 2.24) is 4.90 Å². The number of amides is 1. The second-order valence-electron chi connectivity index (χ2n) is 8.97. The fourth-order valence-corrected chi connectivity index (χ4v) is 5.64. The Morgan fingerprint density at radius 1 is 1.37 bits per heavy atom. The SMILES string of the molecule is Cc1cccc(C[C@H](O)C=C[C@@H]2[C@H]3CC(CSCCC(=O)N(C)C)=C[C@H]3C[C@H]2O)c1. The van der Waals surface area contributed by atoms with Gasteiger partial charge in [0.25, 0.3) is 0 Å². The molecule has 0 saturated heterocycles. The number of aryl methyl sites for hydroxylation is 1. The molecule has 5 heteroatoms. The molecule has 0 unspecified atom stereocenters. The van der Waals surface area contributed by atoms with E-state index in [1.807, 2.05) is 30.0 Å². The molecule has 0 radical (unpaired) electrons. The van der Waals surface area contributed by atoms with Gasteiger partial charge in [0.2, 0.25) is 5.91 Å². The lowest BCUT2D eigenvalue weighted by atomic mass is 9.89. The first-order chi connectivity index (χ1) is 14.3. The number of fused-ring (bicyclic) bond motifs is 1. The molecular weight excluding hydrogens is 394 g/mol. The van der Waals surface area contributed by atoms with Crippen molar-refractivity contribution in [2.24, 2.45) is 17.8 Å². The Morgan fingerprint density at radius 2 is 2.17 bits per heavy atom. The maximum absolute atomic E-state index is 11.7. The van der Waals surface area contributed by atoms with Gasteiger partial charge in [-0.15, -0.1) is 0 Å². The monoisotopic (exact) mass is 429 g/mol. The first-order valence-electron chi connectivity index (χ1n) is 10.9. The fourth-order valence-electron chi connectivity index (χ4n) is 4.70. The number of nitrogens with zero attached hydrogens (tertiary/aromatic N) is 1. The third kappa shape index (κ3) is 6.22. The topological polar surface area (TPSA) is 60.8 Å². The summed E-state index contributed by atoms with van der Waals surface area (Å²) in [5.74, 6) is 2.97. The van der Waals surface area contributed by atoms with E-state index in [0.29, 0.717) is 24.7 Å². The molecular formula is C25H35NO3S. The molecule has 30 heavy (non-hydrogen) atoms. The van der Waals surface area contributed by atoms with Gasteiger partial charge < -0.3 is 15.1 Å². The number of hydrogen-bond donors (Lipinski definition) is 2. The summed E-state index contributed by atoms with van der Waals surface area (Å²) in [7, 11) is 3.59. The molecule has 1 saturated carbocycles. The van der Waals surface area contributed by atoms with Crippen LogP contribution in [-0.4, -0.2) is 58.8 Å². The van der Waals surface area contributed by atoms with E-state index in [1.165, 1.54) is 11.1 Å². The highest BCUT2D eigenvalue weighted by Crippen LogP contribution is 2.47. The van der Waals surface area contributed by atoms with Gasteiger partial charge in [-0.3, -0.25) is 4.79 Å². The smallest absolute Gasteiger partial charge is 0.222 e. The van der Waals surface area contributed by atoms with Gasteiger partial charge in [0.15, 0.2) is 0 Å². The standard InChI is InChI=1S/C25H35NO3S/c1-17-5-4-6-18(11-17)13-21(27)7-8-22-23-14-19(12-20(23)15-24(22)28)16-30-10-9-25(29)26(2)3/h4-8,11-12,20-24,27-28H,9-10,13-16H2,1-3H3/t20-,21+,22+,23-,24+/m0/s1. The summed E-state index contributed by atoms with van der Waals surface area (Å²) in [5, 5.41) is 21.0. The summed E-state index contributed by atoms with van der Waals surface area (Å²) in [6.45, 7) is 2.06. The molecule has 1 aromatic carbocycles. The van der Waals surface area contributed by atoms with Crippen molar-refractivity contribution in [1.29, 1.82) is 0 Å². The largest absolute Gasteiger partial charge is 0.392 e. The normalized spacial score (nSPS) is 26.6. The van der Waals surface area contributed by atoms with E-state index in [-0.39, 0.29) is 17.9 Å². The minimum Gasteiger partial charge on any atom is -0.392 e. The van der Waals surface area contributed by atoms with Gasteiger partial charge in [-0.1, -0.05) is 53.6 Å². The Hall–Kier alpha value is -1.56. The van der Waals surface area contributed by atoms with Gasteiger partial charge in [-0.05, 0) is 37.2 Å². The van der Waals surface area contributed by atoms with Gasteiger partial charge in [0.05, 0.1) is 12.2 Å². The van der Waals surface area contributed by atoms with E-state index < -0.39 is 6.10 Å². The van der Waals surface area contributed by atoms with Crippen molar-refractivity contribution < 1.29 is 15.0 Å². The van der Waals surface area contributed by atoms with Crippen molar-refractivity contribution in [2.75, 3.05) is 25.6 Å². The van der Waals surface area contributed by atoms with Crippen LogP contribution in [-0.2, 0) is 11.2 Å². The number of carbonyl (C=O) groups is 1. The molecule has 164 valence electrons. The van der Waals surface area contributed by atoms with Crippen LogP contribution >= 0.6 is 11.8 Å². The van der Waals surface area contributed by atoms with Gasteiger partial charge >= 0.3 is 0 Å². The lowest BCUT2D eigenvalue weighted by Crippen LogP contribution is -2.21. The number of thioether (sulfide) groups is 1. The molecule has 0 bridgehead atoms. The van der Waals surface area contributed by atoms with Crippen LogP contribution in [0.2, 0.25) is 0 Å². The molecule has 0 heterocycles. The van der Waals surface area contributed by atoms with Gasteiger partial charge in [0.1, 0.15) is 0 Å². The van der Waals surface area contributed by atoms with Crippen LogP contribution in [0.3, 0.4) is 0 Å². The third-order valence-corrected chi connectivity index (χ3v) is 7.35. The lowest BCUT2D eigenvalue weighted by Gasteiger charge is -2.19. The van der Waals surface area contributed by atoms with Crippen molar-refractivity contribution in [3.63, 3.8) is 0 Å². The zero-order valence-electron chi connectivity index (χ0n) is 18.3. The highest BCUT2D eigenvalue weighted by atomic mass is 32.2. The molecule has 1 amide bonds. The van der Waals surface area contributed by atoms with Crippen LogP contribution in [0.5, 0.6) is 0 Å². The van der Waals surface area contributed by atoms with Crippen LogP contribution in [0.1, 0.15) is 30.4 Å². The summed E-state index contributed by atoms with van der Waals surface area (Å²) in [6.07, 6.45) is 8.42. The fraction of sp³-hybridized carbons (Fsp3) is 0.560. The molecule has 1 fully saturated rings. The number of aliphatic hydroxyl groups excluding tert-OH is 2. The average Bonchev–Trinajstić information content (AvgIpc) is 3.19. The Kier molecular flexibility index (Phi) is 8.20. The molecule has 0 spiro atoms. The van der Waals surface area contributed by atoms with Crippen LogP contribution in [0.4, 0.5) is 0 Å². The van der Waals surface area contributed by atoms with Gasteiger partial charge in [-0.25, -0.2) is 0 Å². The first-order valence-corrected chi connectivity index (χ1v) is 12.1. The molecule has 0 aromatic heterocycles. The second kappa shape index (κ2) is 10.7. The minimum absolute atomic E-state index is 0.108. The Balaban J connectivity index is 1.47. The van der Waals surface area contributed by atoms with E-state index >= 15 is 0 Å². The van der Waals surface area contributed by atoms with Crippen LogP contribution in [0.25, 0.3) is 0 Å². The van der Waals surface area contributed by atoms with Crippen LogP contribution in [0.15, 0.2) is 48.1 Å². The van der Waals surface area contributed by atoms with Crippen LogP contribution < -0.4 is 0 Å². The lowest BCUT2D eigenvalue weighted by molar-refractivity contribution is -0.128. The Labute approximate surface area is 185 Å². The number of carbonyl (C=O) groups excluding carboxylic acids is 1. The number of rotatable bonds is 9. The van der Waals surface area contributed by atoms with Gasteiger partial charge in [0, 0.05) is 44.4 Å². The van der Waals surface area contributed by atoms with E-state index in [0.717, 1.165) is 29.9 Å². The Bertz CT molecular complexity index is 788. The molecule has 2 aliphatic carbocycles. The summed E-state index contributed by atoms with van der Waals surface area (Å²) in [6, 6.07) is 8.23. The maximum Gasteiger partial charge on any atom is 0.222 e. The highest BCUT2D eigenvalue weighted by molar-refractivity contribution is 7.99. The van der Waals surface area contributed by atoms with Crippen LogP contribution in [0, 0.1) is 24.7 Å². The molecule has 0 aliphatic heterocycles. The van der Waals surface area contributed by atoms with E-state index in [2.05, 4.69) is 31.2 Å². The quantitative estimate of drug-likeness (QED) is 0.465. The predicted octanol–water partition coefficient (Wildman–Crippen LogP) is 3.61. The Morgan fingerprint density at radius 3 is 2.90 bits per heavy atom. The maximum atomic E-state index is 11.7. The first kappa shape index (κ1) is 23.1. The number of hydrogen-bond acceptors (Lipinski definition) is 4. The second-order valence-corrected chi connectivity index (χ2v) is 10.1. The van der Waals surface area contributed by atoms with Crippen molar-refractivity contribution in [2.45, 2.75) is 44.8 Å². The molecule has 2 N–H and O–H groups in total. The van der Waals surface area contributed by atoms with Gasteiger partial charge in [-0.2, -0.15) is 11.8 Å². The van der Waals surface area contributed by atoms with Crippen molar-refractivity contribution in [3.05, 3.63) is 59.2 Å². The van der Waals surface area contributed by atoms with Crippen molar-refractivity contribution in [3.8, 4) is 0 Å². The zero-order chi connectivity index (χ0) is 21.7. The third-order valence-electron chi connectivity index (χ3n) is 6.28. The number of allylic oxidation sites excluding steroid dienone is 1. The van der Waals surface area contributed by atoms with E-state index in [4.69, 9.17) is 0 Å². The zero-order valence-corrected chi connectivity index (χ0v) is 19.1. The molecule has 2 aliphatic rings. The van der Waals surface area contributed by atoms with Crippen molar-refractivity contribution >= 4 is 17.7 Å². The molecule has 4 nitrogen and oxygen atoms in total. The summed E-state index contributed by atoms with van der Waals surface area (Å²) in [5.41, 5.74) is 3.77. The summed E-state index contributed by atoms with van der Waals surface area (Å²) in [4.78, 5) is 13.3. The molecule has 5 atom stereocenters. The average molecular weight is 430 g/mol.